The molecular formula is C15H12BrN3S2. The summed E-state index contributed by atoms with van der Waals surface area (Å²) in [5.41, 5.74) is 3.07. The van der Waals surface area contributed by atoms with Gasteiger partial charge in [-0.3, -0.25) is 0 Å². The SMILES string of the molecule is Cc1csc(Cc2nc(=S)c(Br)c(-c3ccccc3)[nH]2)n1. The average molecular weight is 378 g/mol. The van der Waals surface area contributed by atoms with Gasteiger partial charge in [-0.05, 0) is 28.4 Å². The second-order valence-corrected chi connectivity index (χ2v) is 6.73. The van der Waals surface area contributed by atoms with E-state index in [0.29, 0.717) is 11.1 Å². The lowest BCUT2D eigenvalue weighted by atomic mass is 10.1. The molecule has 106 valence electrons. The van der Waals surface area contributed by atoms with E-state index < -0.39 is 0 Å². The number of thiazole rings is 1. The van der Waals surface area contributed by atoms with E-state index in [-0.39, 0.29) is 0 Å². The fourth-order valence-corrected chi connectivity index (χ4v) is 3.43. The molecule has 0 radical (unpaired) electrons. The van der Waals surface area contributed by atoms with Crippen LogP contribution in [0.2, 0.25) is 0 Å². The van der Waals surface area contributed by atoms with Crippen molar-refractivity contribution in [3.8, 4) is 11.3 Å². The number of hydrogen-bond donors (Lipinski definition) is 1. The first-order valence-electron chi connectivity index (χ1n) is 6.38. The Morgan fingerprint density at radius 1 is 1.24 bits per heavy atom. The van der Waals surface area contributed by atoms with Crippen LogP contribution < -0.4 is 0 Å². The highest BCUT2D eigenvalue weighted by molar-refractivity contribution is 9.10. The van der Waals surface area contributed by atoms with E-state index >= 15 is 0 Å². The smallest absolute Gasteiger partial charge is 0.144 e. The maximum Gasteiger partial charge on any atom is 0.144 e. The molecule has 0 aliphatic carbocycles. The molecule has 3 rings (SSSR count). The van der Waals surface area contributed by atoms with E-state index in [2.05, 4.69) is 30.9 Å². The minimum atomic E-state index is 0.566. The Morgan fingerprint density at radius 2 is 2.00 bits per heavy atom. The first-order chi connectivity index (χ1) is 10.1. The Bertz CT molecular complexity index is 824. The zero-order valence-corrected chi connectivity index (χ0v) is 14.5. The van der Waals surface area contributed by atoms with Crippen LogP contribution in [0.25, 0.3) is 11.3 Å². The van der Waals surface area contributed by atoms with Crippen molar-refractivity contribution in [2.24, 2.45) is 0 Å². The lowest BCUT2D eigenvalue weighted by Crippen LogP contribution is -2.00. The number of aromatic nitrogens is 3. The second kappa shape index (κ2) is 6.17. The normalized spacial score (nSPS) is 10.8. The minimum Gasteiger partial charge on any atom is -0.342 e. The second-order valence-electron chi connectivity index (χ2n) is 4.60. The molecule has 0 bridgehead atoms. The average Bonchev–Trinajstić information content (AvgIpc) is 2.89. The summed E-state index contributed by atoms with van der Waals surface area (Å²) in [4.78, 5) is 12.3. The maximum absolute atomic E-state index is 5.35. The number of halogens is 1. The quantitative estimate of drug-likeness (QED) is 0.658. The third-order valence-corrected chi connectivity index (χ3v) is 5.26. The van der Waals surface area contributed by atoms with Gasteiger partial charge in [0.15, 0.2) is 0 Å². The van der Waals surface area contributed by atoms with E-state index in [1.165, 1.54) is 0 Å². The minimum absolute atomic E-state index is 0.566. The summed E-state index contributed by atoms with van der Waals surface area (Å²) in [5, 5.41) is 3.08. The zero-order chi connectivity index (χ0) is 14.8. The van der Waals surface area contributed by atoms with Gasteiger partial charge in [0.25, 0.3) is 0 Å². The van der Waals surface area contributed by atoms with E-state index in [9.17, 15) is 0 Å². The molecule has 3 aromatic rings. The van der Waals surface area contributed by atoms with Gasteiger partial charge in [-0.25, -0.2) is 9.97 Å². The first kappa shape index (κ1) is 14.6. The standard InChI is InChI=1S/C15H12BrN3S2/c1-9-8-21-12(17-9)7-11-18-14(13(16)15(20)19-11)10-5-3-2-4-6-10/h2-6,8H,7H2,1H3,(H,18,19,20). The molecule has 3 nitrogen and oxygen atoms in total. The molecule has 0 saturated carbocycles. The Labute approximate surface area is 140 Å². The molecule has 0 fully saturated rings. The third kappa shape index (κ3) is 3.28. The van der Waals surface area contributed by atoms with E-state index in [0.717, 1.165) is 32.3 Å². The van der Waals surface area contributed by atoms with Gasteiger partial charge in [-0.15, -0.1) is 11.3 Å². The molecule has 0 aliphatic rings. The van der Waals surface area contributed by atoms with Crippen molar-refractivity contribution in [3.05, 3.63) is 61.4 Å². The molecule has 2 aromatic heterocycles. The highest BCUT2D eigenvalue weighted by Crippen LogP contribution is 2.27. The summed E-state index contributed by atoms with van der Waals surface area (Å²) in [6.07, 6.45) is 0.662. The van der Waals surface area contributed by atoms with Crippen LogP contribution in [0.4, 0.5) is 0 Å². The molecule has 0 spiro atoms. The number of nitrogens with one attached hydrogen (secondary N) is 1. The van der Waals surface area contributed by atoms with Gasteiger partial charge in [0, 0.05) is 11.1 Å². The van der Waals surface area contributed by atoms with E-state index in [4.69, 9.17) is 12.2 Å². The molecule has 0 aliphatic heterocycles. The monoisotopic (exact) mass is 377 g/mol. The number of hydrogen-bond acceptors (Lipinski definition) is 4. The zero-order valence-electron chi connectivity index (χ0n) is 11.3. The molecule has 0 saturated heterocycles. The number of aromatic amines is 1. The Kier molecular flexibility index (Phi) is 4.28. The molecule has 2 heterocycles. The van der Waals surface area contributed by atoms with Gasteiger partial charge in [-0.1, -0.05) is 42.5 Å². The first-order valence-corrected chi connectivity index (χ1v) is 8.46. The molecular weight excluding hydrogens is 366 g/mol. The van der Waals surface area contributed by atoms with Gasteiger partial charge in [-0.2, -0.15) is 0 Å². The molecule has 0 unspecified atom stereocenters. The van der Waals surface area contributed by atoms with E-state index in [1.54, 1.807) is 11.3 Å². The fraction of sp³-hybridized carbons (Fsp3) is 0.133. The summed E-state index contributed by atoms with van der Waals surface area (Å²) >= 11 is 10.5. The van der Waals surface area contributed by atoms with Gasteiger partial charge < -0.3 is 4.98 Å². The Morgan fingerprint density at radius 3 is 2.67 bits per heavy atom. The van der Waals surface area contributed by atoms with Crippen LogP contribution in [0.15, 0.2) is 40.2 Å². The number of H-pyrrole nitrogens is 1. The molecule has 0 amide bonds. The predicted molar refractivity (Wildman–Crippen MR) is 92.2 cm³/mol. The fourth-order valence-electron chi connectivity index (χ4n) is 2.02. The van der Waals surface area contributed by atoms with Crippen molar-refractivity contribution in [3.63, 3.8) is 0 Å². The van der Waals surface area contributed by atoms with Crippen LogP contribution in [-0.4, -0.2) is 15.0 Å². The maximum atomic E-state index is 5.35. The summed E-state index contributed by atoms with van der Waals surface area (Å²) in [7, 11) is 0. The van der Waals surface area contributed by atoms with Gasteiger partial charge in [0.05, 0.1) is 16.6 Å². The van der Waals surface area contributed by atoms with Crippen molar-refractivity contribution < 1.29 is 0 Å². The largest absolute Gasteiger partial charge is 0.342 e. The van der Waals surface area contributed by atoms with Crippen LogP contribution in [0.1, 0.15) is 16.5 Å². The van der Waals surface area contributed by atoms with Crippen molar-refractivity contribution in [1.29, 1.82) is 0 Å². The molecule has 21 heavy (non-hydrogen) atoms. The van der Waals surface area contributed by atoms with Crippen molar-refractivity contribution >= 4 is 39.5 Å². The molecule has 6 heteroatoms. The highest BCUT2D eigenvalue weighted by atomic mass is 79.9. The number of benzene rings is 1. The number of nitrogens with zero attached hydrogens (tertiary/aromatic N) is 2. The van der Waals surface area contributed by atoms with Crippen LogP contribution in [0, 0.1) is 11.6 Å². The highest BCUT2D eigenvalue weighted by Gasteiger charge is 2.10. The van der Waals surface area contributed by atoms with Crippen LogP contribution >= 0.6 is 39.5 Å². The lowest BCUT2D eigenvalue weighted by Gasteiger charge is -2.08. The Hall–Kier alpha value is -1.37. The summed E-state index contributed by atoms with van der Waals surface area (Å²) < 4.78 is 1.39. The van der Waals surface area contributed by atoms with Gasteiger partial charge in [0.1, 0.15) is 15.5 Å². The van der Waals surface area contributed by atoms with Crippen LogP contribution in [-0.2, 0) is 6.42 Å². The summed E-state index contributed by atoms with van der Waals surface area (Å²) in [6.45, 7) is 1.99. The van der Waals surface area contributed by atoms with Gasteiger partial charge in [0.2, 0.25) is 0 Å². The summed E-state index contributed by atoms with van der Waals surface area (Å²) in [6, 6.07) is 10.1. The topological polar surface area (TPSA) is 41.6 Å². The third-order valence-electron chi connectivity index (χ3n) is 2.96. The van der Waals surface area contributed by atoms with Crippen molar-refractivity contribution in [1.82, 2.24) is 15.0 Å². The summed E-state index contributed by atoms with van der Waals surface area (Å²) in [5.74, 6) is 0.830. The number of aryl methyl sites for hydroxylation is 1. The van der Waals surface area contributed by atoms with Crippen LogP contribution in [0.5, 0.6) is 0 Å². The van der Waals surface area contributed by atoms with Crippen molar-refractivity contribution in [2.45, 2.75) is 13.3 Å². The number of rotatable bonds is 3. The Balaban J connectivity index is 2.04. The van der Waals surface area contributed by atoms with E-state index in [1.807, 2.05) is 42.6 Å². The predicted octanol–water partition coefficient (Wildman–Crippen LogP) is 4.92. The molecule has 0 atom stereocenters. The van der Waals surface area contributed by atoms with Crippen LogP contribution in [0.3, 0.4) is 0 Å². The van der Waals surface area contributed by atoms with Crippen molar-refractivity contribution in [2.75, 3.05) is 0 Å². The van der Waals surface area contributed by atoms with Gasteiger partial charge >= 0.3 is 0 Å². The molecule has 1 aromatic carbocycles. The molecule has 1 N–H and O–H groups in total. The lowest BCUT2D eigenvalue weighted by molar-refractivity contribution is 0.943.